The third kappa shape index (κ3) is 3.28. The molecule has 7 heteroatoms. The van der Waals surface area contributed by atoms with E-state index in [2.05, 4.69) is 39.7 Å². The van der Waals surface area contributed by atoms with E-state index in [0.717, 1.165) is 17.8 Å². The predicted molar refractivity (Wildman–Crippen MR) is 76.8 cm³/mol. The van der Waals surface area contributed by atoms with Gasteiger partial charge in [0, 0.05) is 12.0 Å². The third-order valence-corrected chi connectivity index (χ3v) is 4.12. The molecule has 1 atom stereocenters. The summed E-state index contributed by atoms with van der Waals surface area (Å²) in [5.74, 6) is 0.563. The Morgan fingerprint density at radius 1 is 1.47 bits per heavy atom. The van der Waals surface area contributed by atoms with Crippen LogP contribution in [0.15, 0.2) is 4.99 Å². The Morgan fingerprint density at radius 2 is 2.21 bits per heavy atom. The van der Waals surface area contributed by atoms with Crippen molar-refractivity contribution in [2.75, 3.05) is 11.9 Å². The number of carbonyl (C=O) groups excluding carboxylic acids is 1. The van der Waals surface area contributed by atoms with E-state index < -0.39 is 0 Å². The SMILES string of the molecule is CCC(CC)c1nnc(NC(=O)C2=NCC(C)N2)s1. The Bertz CT molecular complexity index is 480. The van der Waals surface area contributed by atoms with Crippen molar-refractivity contribution in [2.24, 2.45) is 4.99 Å². The van der Waals surface area contributed by atoms with Crippen LogP contribution in [-0.2, 0) is 4.79 Å². The smallest absolute Gasteiger partial charge is 0.292 e. The van der Waals surface area contributed by atoms with Crippen LogP contribution in [0.5, 0.6) is 0 Å². The molecule has 0 saturated heterocycles. The zero-order valence-electron chi connectivity index (χ0n) is 11.4. The zero-order chi connectivity index (χ0) is 13.8. The van der Waals surface area contributed by atoms with Gasteiger partial charge in [-0.2, -0.15) is 0 Å². The standard InChI is InChI=1S/C12H19N5OS/c1-4-8(5-2)11-16-17-12(19-11)15-10(18)9-13-6-7(3)14-9/h7-8H,4-6H2,1-3H3,(H,13,14)(H,15,17,18). The molecule has 0 aromatic carbocycles. The van der Waals surface area contributed by atoms with E-state index in [-0.39, 0.29) is 11.9 Å². The van der Waals surface area contributed by atoms with Crippen LogP contribution in [0.2, 0.25) is 0 Å². The molecular formula is C12H19N5OS. The normalized spacial score (nSPS) is 18.3. The monoisotopic (exact) mass is 281 g/mol. The van der Waals surface area contributed by atoms with Crippen molar-refractivity contribution in [1.82, 2.24) is 15.5 Å². The molecule has 19 heavy (non-hydrogen) atoms. The molecule has 6 nitrogen and oxygen atoms in total. The molecule has 0 spiro atoms. The van der Waals surface area contributed by atoms with Gasteiger partial charge in [-0.3, -0.25) is 15.1 Å². The molecule has 0 radical (unpaired) electrons. The summed E-state index contributed by atoms with van der Waals surface area (Å²) in [6, 6.07) is 0.218. The van der Waals surface area contributed by atoms with Crippen molar-refractivity contribution >= 4 is 28.2 Å². The molecule has 2 rings (SSSR count). The molecule has 1 aliphatic rings. The highest BCUT2D eigenvalue weighted by Crippen LogP contribution is 2.27. The summed E-state index contributed by atoms with van der Waals surface area (Å²) < 4.78 is 0. The number of anilines is 1. The van der Waals surface area contributed by atoms with Crippen LogP contribution in [0.25, 0.3) is 0 Å². The molecule has 104 valence electrons. The van der Waals surface area contributed by atoms with Gasteiger partial charge >= 0.3 is 0 Å². The van der Waals surface area contributed by atoms with Crippen molar-refractivity contribution in [3.05, 3.63) is 5.01 Å². The van der Waals surface area contributed by atoms with Crippen LogP contribution >= 0.6 is 11.3 Å². The summed E-state index contributed by atoms with van der Waals surface area (Å²) in [6.07, 6.45) is 2.07. The first-order valence-electron chi connectivity index (χ1n) is 6.59. The van der Waals surface area contributed by atoms with E-state index in [0.29, 0.717) is 23.4 Å². The molecule has 2 heterocycles. The van der Waals surface area contributed by atoms with Gasteiger partial charge in [0.2, 0.25) is 5.13 Å². The van der Waals surface area contributed by atoms with Gasteiger partial charge in [0.1, 0.15) is 5.01 Å². The molecule has 1 unspecified atom stereocenters. The molecule has 1 aromatic heterocycles. The second-order valence-electron chi connectivity index (χ2n) is 4.65. The minimum Gasteiger partial charge on any atom is -0.361 e. The second-order valence-corrected chi connectivity index (χ2v) is 5.66. The zero-order valence-corrected chi connectivity index (χ0v) is 12.3. The number of carbonyl (C=O) groups is 1. The van der Waals surface area contributed by atoms with E-state index in [1.807, 2.05) is 6.92 Å². The van der Waals surface area contributed by atoms with E-state index >= 15 is 0 Å². The van der Waals surface area contributed by atoms with Crippen LogP contribution in [0.4, 0.5) is 5.13 Å². The predicted octanol–water partition coefficient (Wildman–Crippen LogP) is 1.77. The maximum absolute atomic E-state index is 11.9. The Hall–Kier alpha value is -1.50. The van der Waals surface area contributed by atoms with Crippen LogP contribution in [0, 0.1) is 0 Å². The molecule has 1 aromatic rings. The summed E-state index contributed by atoms with van der Waals surface area (Å²) >= 11 is 1.44. The summed E-state index contributed by atoms with van der Waals surface area (Å²) in [6.45, 7) is 6.89. The minimum absolute atomic E-state index is 0.218. The Balaban J connectivity index is 1.98. The average Bonchev–Trinajstić information content (AvgIpc) is 3.00. The molecule has 0 fully saturated rings. The van der Waals surface area contributed by atoms with Gasteiger partial charge in [-0.25, -0.2) is 0 Å². The van der Waals surface area contributed by atoms with Crippen LogP contribution in [0.1, 0.15) is 44.5 Å². The van der Waals surface area contributed by atoms with Gasteiger partial charge in [0.15, 0.2) is 5.84 Å². The molecule has 0 bridgehead atoms. The number of hydrogen-bond acceptors (Lipinski definition) is 6. The van der Waals surface area contributed by atoms with E-state index in [9.17, 15) is 4.79 Å². The van der Waals surface area contributed by atoms with E-state index in [1.54, 1.807) is 0 Å². The number of amides is 1. The number of hydrogen-bond donors (Lipinski definition) is 2. The van der Waals surface area contributed by atoms with Gasteiger partial charge < -0.3 is 5.32 Å². The van der Waals surface area contributed by atoms with Crippen LogP contribution < -0.4 is 10.6 Å². The molecule has 2 N–H and O–H groups in total. The van der Waals surface area contributed by atoms with Gasteiger partial charge in [-0.1, -0.05) is 25.2 Å². The quantitative estimate of drug-likeness (QED) is 0.862. The van der Waals surface area contributed by atoms with Gasteiger partial charge in [-0.15, -0.1) is 10.2 Å². The van der Waals surface area contributed by atoms with Crippen LogP contribution in [-0.4, -0.2) is 34.5 Å². The third-order valence-electron chi connectivity index (χ3n) is 3.12. The fourth-order valence-electron chi connectivity index (χ4n) is 1.93. The van der Waals surface area contributed by atoms with E-state index in [4.69, 9.17) is 0 Å². The lowest BCUT2D eigenvalue weighted by atomic mass is 10.1. The van der Waals surface area contributed by atoms with Gasteiger partial charge in [-0.05, 0) is 19.8 Å². The number of nitrogens with zero attached hydrogens (tertiary/aromatic N) is 3. The Kier molecular flexibility index (Phi) is 4.47. The second kappa shape index (κ2) is 6.10. The summed E-state index contributed by atoms with van der Waals surface area (Å²) in [5, 5.41) is 15.4. The van der Waals surface area contributed by atoms with Gasteiger partial charge in [0.25, 0.3) is 5.91 Å². The first kappa shape index (κ1) is 13.9. The Morgan fingerprint density at radius 3 is 2.79 bits per heavy atom. The van der Waals surface area contributed by atoms with Gasteiger partial charge in [0.05, 0.1) is 6.54 Å². The highest BCUT2D eigenvalue weighted by Gasteiger charge is 2.21. The number of amidine groups is 1. The number of aromatic nitrogens is 2. The highest BCUT2D eigenvalue weighted by atomic mass is 32.1. The lowest BCUT2D eigenvalue weighted by Crippen LogP contribution is -2.36. The van der Waals surface area contributed by atoms with Crippen molar-refractivity contribution in [2.45, 2.75) is 45.6 Å². The lowest BCUT2D eigenvalue weighted by Gasteiger charge is -2.06. The summed E-state index contributed by atoms with van der Waals surface area (Å²) in [5.41, 5.74) is 0. The highest BCUT2D eigenvalue weighted by molar-refractivity contribution is 7.15. The summed E-state index contributed by atoms with van der Waals surface area (Å²) in [7, 11) is 0. The number of rotatable bonds is 5. The van der Waals surface area contributed by atoms with Crippen molar-refractivity contribution < 1.29 is 4.79 Å². The van der Waals surface area contributed by atoms with Crippen molar-refractivity contribution in [3.8, 4) is 0 Å². The fourth-order valence-corrected chi connectivity index (χ4v) is 2.94. The lowest BCUT2D eigenvalue weighted by molar-refractivity contribution is -0.110. The van der Waals surface area contributed by atoms with E-state index in [1.165, 1.54) is 11.3 Å². The first-order chi connectivity index (χ1) is 9.13. The number of aliphatic imine (C=N–C) groups is 1. The molecular weight excluding hydrogens is 262 g/mol. The number of nitrogens with one attached hydrogen (secondary N) is 2. The molecule has 1 aliphatic heterocycles. The fraction of sp³-hybridized carbons (Fsp3) is 0.667. The largest absolute Gasteiger partial charge is 0.361 e. The van der Waals surface area contributed by atoms with Crippen molar-refractivity contribution in [3.63, 3.8) is 0 Å². The first-order valence-corrected chi connectivity index (χ1v) is 7.41. The minimum atomic E-state index is -0.239. The maximum atomic E-state index is 11.9. The summed E-state index contributed by atoms with van der Waals surface area (Å²) in [4.78, 5) is 16.0. The maximum Gasteiger partial charge on any atom is 0.292 e. The molecule has 0 aliphatic carbocycles. The Labute approximate surface area is 116 Å². The average molecular weight is 281 g/mol. The molecule has 1 amide bonds. The topological polar surface area (TPSA) is 79.3 Å². The van der Waals surface area contributed by atoms with Crippen molar-refractivity contribution in [1.29, 1.82) is 0 Å². The van der Waals surface area contributed by atoms with Crippen LogP contribution in [0.3, 0.4) is 0 Å². The molecule has 0 saturated carbocycles.